The lowest BCUT2D eigenvalue weighted by Gasteiger charge is -2.39. The summed E-state index contributed by atoms with van der Waals surface area (Å²) in [5.41, 5.74) is 0. The molecule has 0 saturated heterocycles. The number of ether oxygens (including phenoxy) is 1. The molecule has 3 heteroatoms. The lowest BCUT2D eigenvalue weighted by atomic mass is 10.1. The van der Waals surface area contributed by atoms with Gasteiger partial charge in [-0.05, 0) is 51.4 Å². The van der Waals surface area contributed by atoms with Crippen molar-refractivity contribution < 1.29 is 14.3 Å². The third-order valence-electron chi connectivity index (χ3n) is 6.80. The molecule has 0 aliphatic rings. The van der Waals surface area contributed by atoms with Gasteiger partial charge in [0, 0.05) is 6.61 Å². The normalized spacial score (nSPS) is 13.2. The van der Waals surface area contributed by atoms with Gasteiger partial charge in [-0.25, -0.2) is 0 Å². The summed E-state index contributed by atoms with van der Waals surface area (Å²) in [5, 5.41) is 10.6. The quantitative estimate of drug-likeness (QED) is 0.0783. The van der Waals surface area contributed by atoms with Gasteiger partial charge in [0.25, 0.3) is 0 Å². The van der Waals surface area contributed by atoms with Crippen LogP contribution in [0.5, 0.6) is 0 Å². The maximum absolute atomic E-state index is 10.6. The number of aliphatic hydroxyl groups is 1. The third-order valence-corrected chi connectivity index (χ3v) is 6.80. The second-order valence-corrected chi connectivity index (χ2v) is 10.4. The van der Waals surface area contributed by atoms with E-state index in [2.05, 4.69) is 39.8 Å². The van der Waals surface area contributed by atoms with Crippen LogP contribution >= 0.6 is 0 Å². The van der Waals surface area contributed by atoms with Crippen LogP contribution in [0.15, 0.2) is 12.2 Å². The molecule has 0 saturated carbocycles. The van der Waals surface area contributed by atoms with Crippen molar-refractivity contribution >= 4 is 0 Å². The fourth-order valence-corrected chi connectivity index (χ4v) is 5.20. The summed E-state index contributed by atoms with van der Waals surface area (Å²) in [6.45, 7) is 14.7. The largest absolute Gasteiger partial charge is 0.385 e. The van der Waals surface area contributed by atoms with Crippen molar-refractivity contribution in [2.24, 2.45) is 0 Å². The molecule has 0 amide bonds. The molecule has 0 aliphatic carbocycles. The highest BCUT2D eigenvalue weighted by molar-refractivity contribution is 4.81. The number of unbranched alkanes of at least 4 members (excludes halogenated alkanes) is 12. The van der Waals surface area contributed by atoms with E-state index in [4.69, 9.17) is 4.74 Å². The molecule has 0 spiro atoms. The van der Waals surface area contributed by atoms with Crippen LogP contribution in [0.2, 0.25) is 0 Å². The number of allylic oxidation sites excluding steroid dienone is 2. The molecule has 1 N–H and O–H groups in total. The van der Waals surface area contributed by atoms with E-state index in [-0.39, 0.29) is 6.10 Å². The molecule has 0 heterocycles. The maximum Gasteiger partial charge on any atom is 0.126 e. The topological polar surface area (TPSA) is 29.5 Å². The number of aliphatic hydroxyl groups excluding tert-OH is 1. The molecule has 0 radical (unpaired) electrons. The van der Waals surface area contributed by atoms with Crippen molar-refractivity contribution in [2.45, 2.75) is 143 Å². The van der Waals surface area contributed by atoms with Gasteiger partial charge in [0.2, 0.25) is 0 Å². The molecule has 0 aromatic heterocycles. The molecule has 33 heavy (non-hydrogen) atoms. The Morgan fingerprint density at radius 3 is 1.55 bits per heavy atom. The van der Waals surface area contributed by atoms with Crippen LogP contribution in [0, 0.1) is 0 Å². The van der Waals surface area contributed by atoms with E-state index in [1.54, 1.807) is 0 Å². The molecule has 1 atom stereocenters. The summed E-state index contributed by atoms with van der Waals surface area (Å²) in [6.07, 6.45) is 26.7. The van der Waals surface area contributed by atoms with E-state index >= 15 is 0 Å². The first kappa shape index (κ1) is 32.6. The fraction of sp³-hybridized carbons (Fsp3) is 0.933. The Balaban J connectivity index is 3.58. The first-order valence-electron chi connectivity index (χ1n) is 14.9. The van der Waals surface area contributed by atoms with Crippen LogP contribution in [0.4, 0.5) is 0 Å². The molecular formula is C30H62NO2+. The molecule has 0 aliphatic heterocycles. The average Bonchev–Trinajstić information content (AvgIpc) is 2.78. The molecule has 0 aromatic carbocycles. The summed E-state index contributed by atoms with van der Waals surface area (Å²) in [5.74, 6) is 0. The van der Waals surface area contributed by atoms with E-state index in [0.29, 0.717) is 6.61 Å². The predicted octanol–water partition coefficient (Wildman–Crippen LogP) is 8.45. The zero-order chi connectivity index (χ0) is 24.5. The minimum atomic E-state index is -0.330. The summed E-state index contributed by atoms with van der Waals surface area (Å²) in [4.78, 5) is 0. The van der Waals surface area contributed by atoms with Gasteiger partial charge < -0.3 is 14.3 Å². The number of rotatable bonds is 26. The second kappa shape index (κ2) is 24.7. The van der Waals surface area contributed by atoms with Crippen LogP contribution in [0.3, 0.4) is 0 Å². The number of hydrogen-bond acceptors (Lipinski definition) is 2. The van der Waals surface area contributed by atoms with Gasteiger partial charge in [0.15, 0.2) is 0 Å². The molecule has 0 rings (SSSR count). The maximum atomic E-state index is 10.6. The standard InChI is InChI=1S/C30H62NO2/c1-5-9-10-11-12-13-14-15-16-17-18-19-20-21-22-23-27-33-29-30(32)28-31(24-6-2,25-7-3)26-8-4/h15-16,30,32H,5-14,17-29H2,1-4H3/q+1. The predicted molar refractivity (Wildman–Crippen MR) is 147 cm³/mol. The Hall–Kier alpha value is -0.380. The van der Waals surface area contributed by atoms with Crippen molar-refractivity contribution in [3.8, 4) is 0 Å². The van der Waals surface area contributed by atoms with Gasteiger partial charge in [-0.1, -0.05) is 97.6 Å². The number of quaternary nitrogens is 1. The molecule has 0 aromatic rings. The van der Waals surface area contributed by atoms with Gasteiger partial charge in [-0.3, -0.25) is 0 Å². The minimum Gasteiger partial charge on any atom is -0.385 e. The van der Waals surface area contributed by atoms with Crippen LogP contribution < -0.4 is 0 Å². The van der Waals surface area contributed by atoms with E-state index in [0.717, 1.165) is 24.1 Å². The Morgan fingerprint density at radius 1 is 0.606 bits per heavy atom. The zero-order valence-corrected chi connectivity index (χ0v) is 23.3. The summed E-state index contributed by atoms with van der Waals surface area (Å²) in [7, 11) is 0. The van der Waals surface area contributed by atoms with Crippen LogP contribution in [0.25, 0.3) is 0 Å². The van der Waals surface area contributed by atoms with Gasteiger partial charge >= 0.3 is 0 Å². The van der Waals surface area contributed by atoms with Crippen molar-refractivity contribution in [3.05, 3.63) is 12.2 Å². The van der Waals surface area contributed by atoms with Gasteiger partial charge in [-0.2, -0.15) is 0 Å². The van der Waals surface area contributed by atoms with Gasteiger partial charge in [-0.15, -0.1) is 0 Å². The van der Waals surface area contributed by atoms with Crippen molar-refractivity contribution in [1.29, 1.82) is 0 Å². The average molecular weight is 469 g/mol. The Kier molecular flexibility index (Phi) is 24.5. The minimum absolute atomic E-state index is 0.330. The first-order chi connectivity index (χ1) is 16.1. The number of nitrogens with zero attached hydrogens (tertiary/aromatic N) is 1. The molecule has 0 fully saturated rings. The first-order valence-corrected chi connectivity index (χ1v) is 14.9. The van der Waals surface area contributed by atoms with Crippen LogP contribution in [-0.2, 0) is 4.74 Å². The summed E-state index contributed by atoms with van der Waals surface area (Å²) >= 11 is 0. The number of hydrogen-bond donors (Lipinski definition) is 1. The van der Waals surface area contributed by atoms with Crippen molar-refractivity contribution in [2.75, 3.05) is 39.4 Å². The van der Waals surface area contributed by atoms with E-state index < -0.39 is 0 Å². The third kappa shape index (κ3) is 20.7. The van der Waals surface area contributed by atoms with Gasteiger partial charge in [0.05, 0.1) is 26.2 Å². The Bertz CT molecular complexity index is 393. The SMILES string of the molecule is CCCCCCCCC=CCCCCCCCCOCC(O)C[N+](CCC)(CCC)CCC. The van der Waals surface area contributed by atoms with Crippen LogP contribution in [-0.4, -0.2) is 55.1 Å². The molecule has 3 nitrogen and oxygen atoms in total. The molecule has 1 unspecified atom stereocenters. The van der Waals surface area contributed by atoms with E-state index in [9.17, 15) is 5.11 Å². The zero-order valence-electron chi connectivity index (χ0n) is 23.3. The highest BCUT2D eigenvalue weighted by atomic mass is 16.5. The summed E-state index contributed by atoms with van der Waals surface area (Å²) < 4.78 is 6.88. The van der Waals surface area contributed by atoms with Crippen molar-refractivity contribution in [1.82, 2.24) is 0 Å². The molecule has 0 bridgehead atoms. The summed E-state index contributed by atoms with van der Waals surface area (Å²) in [6, 6.07) is 0. The molecule has 198 valence electrons. The van der Waals surface area contributed by atoms with Crippen LogP contribution in [0.1, 0.15) is 137 Å². The fourth-order valence-electron chi connectivity index (χ4n) is 5.20. The lowest BCUT2D eigenvalue weighted by Crippen LogP contribution is -2.54. The highest BCUT2D eigenvalue weighted by Gasteiger charge is 2.28. The Labute approximate surface area is 209 Å². The van der Waals surface area contributed by atoms with Gasteiger partial charge in [0.1, 0.15) is 12.6 Å². The lowest BCUT2D eigenvalue weighted by molar-refractivity contribution is -0.931. The Morgan fingerprint density at radius 2 is 1.06 bits per heavy atom. The van der Waals surface area contributed by atoms with Crippen molar-refractivity contribution in [3.63, 3.8) is 0 Å². The monoisotopic (exact) mass is 468 g/mol. The van der Waals surface area contributed by atoms with E-state index in [1.807, 2.05) is 0 Å². The molecular weight excluding hydrogens is 406 g/mol. The smallest absolute Gasteiger partial charge is 0.126 e. The highest BCUT2D eigenvalue weighted by Crippen LogP contribution is 2.14. The van der Waals surface area contributed by atoms with E-state index in [1.165, 1.54) is 122 Å². The second-order valence-electron chi connectivity index (χ2n) is 10.4.